The van der Waals surface area contributed by atoms with Gasteiger partial charge >= 0.3 is 5.69 Å². The van der Waals surface area contributed by atoms with Crippen molar-refractivity contribution in [1.82, 2.24) is 9.80 Å². The second-order valence-electron chi connectivity index (χ2n) is 5.17. The maximum absolute atomic E-state index is 12.4. The molecule has 1 aromatic carbocycles. The van der Waals surface area contributed by atoms with Gasteiger partial charge in [0.2, 0.25) is 0 Å². The van der Waals surface area contributed by atoms with Gasteiger partial charge < -0.3 is 9.80 Å². The molecule has 114 valence electrons. The van der Waals surface area contributed by atoms with Crippen LogP contribution in [0.3, 0.4) is 0 Å². The van der Waals surface area contributed by atoms with Gasteiger partial charge in [-0.05, 0) is 38.1 Å². The average molecular weight is 312 g/mol. The molecular weight excluding hydrogens is 294 g/mol. The molecule has 1 fully saturated rings. The van der Waals surface area contributed by atoms with E-state index in [1.165, 1.54) is 29.9 Å². The SMILES string of the molecule is CN(CCN1CCCC1)C(=O)c1cccc(Cl)c1[N+](=O)[O-]. The number of para-hydroxylation sites is 1. The topological polar surface area (TPSA) is 66.7 Å². The van der Waals surface area contributed by atoms with Crippen molar-refractivity contribution in [2.45, 2.75) is 12.8 Å². The minimum atomic E-state index is -0.607. The van der Waals surface area contributed by atoms with Crippen LogP contribution in [0, 0.1) is 10.1 Å². The van der Waals surface area contributed by atoms with Crippen molar-refractivity contribution < 1.29 is 9.72 Å². The van der Waals surface area contributed by atoms with Gasteiger partial charge in [0.25, 0.3) is 5.91 Å². The van der Waals surface area contributed by atoms with E-state index in [1.807, 2.05) is 0 Å². The number of rotatable bonds is 5. The fourth-order valence-electron chi connectivity index (χ4n) is 2.48. The van der Waals surface area contributed by atoms with Gasteiger partial charge in [-0.1, -0.05) is 17.7 Å². The molecule has 0 aliphatic carbocycles. The zero-order chi connectivity index (χ0) is 15.4. The number of benzene rings is 1. The molecule has 1 heterocycles. The summed E-state index contributed by atoms with van der Waals surface area (Å²) in [7, 11) is 1.66. The molecular formula is C14H18ClN3O3. The van der Waals surface area contributed by atoms with E-state index in [2.05, 4.69) is 4.90 Å². The molecule has 6 nitrogen and oxygen atoms in total. The zero-order valence-corrected chi connectivity index (χ0v) is 12.7. The van der Waals surface area contributed by atoms with Crippen molar-refractivity contribution >= 4 is 23.2 Å². The summed E-state index contributed by atoms with van der Waals surface area (Å²) < 4.78 is 0. The van der Waals surface area contributed by atoms with Crippen LogP contribution in [-0.2, 0) is 0 Å². The summed E-state index contributed by atoms with van der Waals surface area (Å²) in [6.45, 7) is 3.44. The van der Waals surface area contributed by atoms with Crippen LogP contribution in [0.5, 0.6) is 0 Å². The van der Waals surface area contributed by atoms with Crippen LogP contribution in [0.15, 0.2) is 18.2 Å². The lowest BCUT2D eigenvalue weighted by Crippen LogP contribution is -2.35. The molecule has 0 unspecified atom stereocenters. The van der Waals surface area contributed by atoms with Crippen molar-refractivity contribution in [1.29, 1.82) is 0 Å². The van der Waals surface area contributed by atoms with E-state index in [4.69, 9.17) is 11.6 Å². The van der Waals surface area contributed by atoms with Gasteiger partial charge in [-0.3, -0.25) is 14.9 Å². The van der Waals surface area contributed by atoms with E-state index in [0.717, 1.165) is 19.6 Å². The summed E-state index contributed by atoms with van der Waals surface area (Å²) in [5.41, 5.74) is -0.284. The lowest BCUT2D eigenvalue weighted by atomic mass is 10.1. The zero-order valence-electron chi connectivity index (χ0n) is 11.9. The largest absolute Gasteiger partial charge is 0.340 e. The van der Waals surface area contributed by atoms with Crippen LogP contribution in [0.1, 0.15) is 23.2 Å². The summed E-state index contributed by atoms with van der Waals surface area (Å²) in [5.74, 6) is -0.372. The maximum atomic E-state index is 12.4. The molecule has 0 radical (unpaired) electrons. The van der Waals surface area contributed by atoms with Crippen molar-refractivity contribution in [3.05, 3.63) is 38.9 Å². The van der Waals surface area contributed by atoms with E-state index in [9.17, 15) is 14.9 Å². The van der Waals surface area contributed by atoms with Crippen LogP contribution in [0.2, 0.25) is 5.02 Å². The standard InChI is InChI=1S/C14H18ClN3O3/c1-16(9-10-17-7-2-3-8-17)14(19)11-5-4-6-12(15)13(11)18(20)21/h4-6H,2-3,7-10H2,1H3. The Hall–Kier alpha value is -1.66. The van der Waals surface area contributed by atoms with E-state index in [-0.39, 0.29) is 22.2 Å². The number of likely N-dealkylation sites (N-methyl/N-ethyl adjacent to an activating group) is 1. The van der Waals surface area contributed by atoms with Crippen LogP contribution in [-0.4, -0.2) is 53.9 Å². The van der Waals surface area contributed by atoms with Gasteiger partial charge in [0.1, 0.15) is 10.6 Å². The molecule has 1 aromatic rings. The summed E-state index contributed by atoms with van der Waals surface area (Å²) >= 11 is 5.83. The molecule has 0 N–H and O–H groups in total. The fourth-order valence-corrected chi connectivity index (χ4v) is 2.72. The Labute approximate surface area is 128 Å². The lowest BCUT2D eigenvalue weighted by molar-refractivity contribution is -0.385. The number of nitro benzene ring substituents is 1. The van der Waals surface area contributed by atoms with E-state index >= 15 is 0 Å². The summed E-state index contributed by atoms with van der Waals surface area (Å²) in [4.78, 5) is 26.6. The fraction of sp³-hybridized carbons (Fsp3) is 0.500. The van der Waals surface area contributed by atoms with Crippen molar-refractivity contribution in [3.8, 4) is 0 Å². The summed E-state index contributed by atoms with van der Waals surface area (Å²) in [6, 6.07) is 4.41. The number of amides is 1. The van der Waals surface area contributed by atoms with Crippen molar-refractivity contribution in [2.75, 3.05) is 33.2 Å². The first kappa shape index (κ1) is 15.7. The van der Waals surface area contributed by atoms with Crippen LogP contribution in [0.4, 0.5) is 5.69 Å². The molecule has 1 aliphatic heterocycles. The Balaban J connectivity index is 2.08. The number of carbonyl (C=O) groups excluding carboxylic acids is 1. The van der Waals surface area contributed by atoms with Gasteiger partial charge in [-0.25, -0.2) is 0 Å². The first-order valence-electron chi connectivity index (χ1n) is 6.91. The molecule has 1 aliphatic rings. The Morgan fingerprint density at radius 2 is 2.10 bits per heavy atom. The Kier molecular flexibility index (Phi) is 5.14. The summed E-state index contributed by atoms with van der Waals surface area (Å²) in [5, 5.41) is 11.1. The molecule has 1 saturated heterocycles. The smallest absolute Gasteiger partial charge is 0.300 e. The minimum absolute atomic E-state index is 0.0150. The third kappa shape index (κ3) is 3.71. The molecule has 1 amide bonds. The number of nitrogens with zero attached hydrogens (tertiary/aromatic N) is 3. The van der Waals surface area contributed by atoms with E-state index in [0.29, 0.717) is 6.54 Å². The second-order valence-corrected chi connectivity index (χ2v) is 5.58. The molecule has 0 atom stereocenters. The van der Waals surface area contributed by atoms with Gasteiger partial charge in [0.15, 0.2) is 0 Å². The van der Waals surface area contributed by atoms with Gasteiger partial charge in [-0.2, -0.15) is 0 Å². The molecule has 0 saturated carbocycles. The molecule has 0 bridgehead atoms. The first-order valence-corrected chi connectivity index (χ1v) is 7.29. The average Bonchev–Trinajstić information content (AvgIpc) is 2.96. The highest BCUT2D eigenvalue weighted by Gasteiger charge is 2.26. The summed E-state index contributed by atoms with van der Waals surface area (Å²) in [6.07, 6.45) is 2.38. The first-order chi connectivity index (χ1) is 10.0. The van der Waals surface area contributed by atoms with Gasteiger partial charge in [0, 0.05) is 20.1 Å². The Morgan fingerprint density at radius 3 is 2.71 bits per heavy atom. The third-order valence-electron chi connectivity index (χ3n) is 3.70. The Morgan fingerprint density at radius 1 is 1.43 bits per heavy atom. The van der Waals surface area contributed by atoms with Gasteiger partial charge in [0.05, 0.1) is 4.92 Å². The highest BCUT2D eigenvalue weighted by molar-refractivity contribution is 6.33. The quantitative estimate of drug-likeness (QED) is 0.618. The van der Waals surface area contributed by atoms with Crippen LogP contribution >= 0.6 is 11.6 Å². The Bertz CT molecular complexity index is 544. The highest BCUT2D eigenvalue weighted by Crippen LogP contribution is 2.28. The predicted octanol–water partition coefficient (Wildman–Crippen LogP) is 2.42. The normalized spacial score (nSPS) is 15.1. The maximum Gasteiger partial charge on any atom is 0.300 e. The molecule has 7 heteroatoms. The second kappa shape index (κ2) is 6.87. The highest BCUT2D eigenvalue weighted by atomic mass is 35.5. The van der Waals surface area contributed by atoms with Crippen molar-refractivity contribution in [2.24, 2.45) is 0 Å². The van der Waals surface area contributed by atoms with E-state index < -0.39 is 4.92 Å². The minimum Gasteiger partial charge on any atom is -0.340 e. The molecule has 21 heavy (non-hydrogen) atoms. The number of carbonyl (C=O) groups is 1. The number of halogens is 1. The molecule has 0 spiro atoms. The number of likely N-dealkylation sites (tertiary alicyclic amines) is 1. The van der Waals surface area contributed by atoms with Gasteiger partial charge in [-0.15, -0.1) is 0 Å². The van der Waals surface area contributed by atoms with Crippen LogP contribution in [0.25, 0.3) is 0 Å². The monoisotopic (exact) mass is 311 g/mol. The van der Waals surface area contributed by atoms with Crippen LogP contribution < -0.4 is 0 Å². The lowest BCUT2D eigenvalue weighted by Gasteiger charge is -2.21. The number of hydrogen-bond acceptors (Lipinski definition) is 4. The number of nitro groups is 1. The molecule has 2 rings (SSSR count). The van der Waals surface area contributed by atoms with E-state index in [1.54, 1.807) is 13.1 Å². The molecule has 0 aromatic heterocycles. The number of hydrogen-bond donors (Lipinski definition) is 0. The predicted molar refractivity (Wildman–Crippen MR) is 80.7 cm³/mol. The third-order valence-corrected chi connectivity index (χ3v) is 4.00. The van der Waals surface area contributed by atoms with Crippen molar-refractivity contribution in [3.63, 3.8) is 0 Å².